The summed E-state index contributed by atoms with van der Waals surface area (Å²) in [5.41, 5.74) is 0.250. The van der Waals surface area contributed by atoms with E-state index in [4.69, 9.17) is 9.47 Å². The van der Waals surface area contributed by atoms with Crippen molar-refractivity contribution in [1.82, 2.24) is 0 Å². The zero-order valence-electron chi connectivity index (χ0n) is 11.9. The molecule has 4 heteroatoms. The Labute approximate surface area is 114 Å². The lowest BCUT2D eigenvalue weighted by atomic mass is 10.0. The largest absolute Gasteiger partial charge is 0.507 e. The van der Waals surface area contributed by atoms with Gasteiger partial charge in [-0.2, -0.15) is 0 Å². The van der Waals surface area contributed by atoms with Gasteiger partial charge >= 0.3 is 0 Å². The first-order valence-electron chi connectivity index (χ1n) is 6.62. The second-order valence-electron chi connectivity index (χ2n) is 4.46. The van der Waals surface area contributed by atoms with Crippen molar-refractivity contribution in [2.75, 3.05) is 14.2 Å². The fraction of sp³-hybridized carbons (Fsp3) is 0.533. The molecule has 1 aromatic rings. The Morgan fingerprint density at radius 3 is 2.47 bits per heavy atom. The van der Waals surface area contributed by atoms with E-state index in [-0.39, 0.29) is 17.1 Å². The summed E-state index contributed by atoms with van der Waals surface area (Å²) in [5, 5.41) is 9.93. The molecular formula is C15H22O4. The van der Waals surface area contributed by atoms with Crippen LogP contribution in [0.3, 0.4) is 0 Å². The highest BCUT2D eigenvalue weighted by molar-refractivity contribution is 6.01. The molecular weight excluding hydrogens is 244 g/mol. The molecule has 19 heavy (non-hydrogen) atoms. The lowest BCUT2D eigenvalue weighted by molar-refractivity contribution is 0.0973. The highest BCUT2D eigenvalue weighted by Crippen LogP contribution is 2.34. The van der Waals surface area contributed by atoms with E-state index in [1.54, 1.807) is 6.07 Å². The van der Waals surface area contributed by atoms with Crippen LogP contribution in [0.4, 0.5) is 0 Å². The Kier molecular flexibility index (Phi) is 6.19. The van der Waals surface area contributed by atoms with Gasteiger partial charge in [0.2, 0.25) is 0 Å². The number of methoxy groups -OCH3 is 2. The van der Waals surface area contributed by atoms with Gasteiger partial charge in [0.1, 0.15) is 22.8 Å². The first-order chi connectivity index (χ1) is 9.13. The summed E-state index contributed by atoms with van der Waals surface area (Å²) in [6.45, 7) is 2.13. The van der Waals surface area contributed by atoms with Crippen LogP contribution in [0.2, 0.25) is 0 Å². The molecule has 0 amide bonds. The average molecular weight is 266 g/mol. The first kappa shape index (κ1) is 15.3. The van der Waals surface area contributed by atoms with E-state index in [0.717, 1.165) is 25.7 Å². The summed E-state index contributed by atoms with van der Waals surface area (Å²) in [6, 6.07) is 3.04. The minimum Gasteiger partial charge on any atom is -0.507 e. The van der Waals surface area contributed by atoms with Gasteiger partial charge in [-0.3, -0.25) is 4.79 Å². The predicted molar refractivity (Wildman–Crippen MR) is 74.3 cm³/mol. The van der Waals surface area contributed by atoms with Gasteiger partial charge in [0.25, 0.3) is 0 Å². The van der Waals surface area contributed by atoms with Crippen LogP contribution < -0.4 is 9.47 Å². The highest BCUT2D eigenvalue weighted by Gasteiger charge is 2.18. The van der Waals surface area contributed by atoms with Gasteiger partial charge in [0.05, 0.1) is 14.2 Å². The average Bonchev–Trinajstić information content (AvgIpc) is 2.42. The molecule has 0 bridgehead atoms. The van der Waals surface area contributed by atoms with Crippen molar-refractivity contribution in [3.63, 3.8) is 0 Å². The third-order valence-electron chi connectivity index (χ3n) is 3.05. The van der Waals surface area contributed by atoms with Crippen LogP contribution in [0.15, 0.2) is 12.1 Å². The number of carbonyl (C=O) groups excluding carboxylic acids is 1. The highest BCUT2D eigenvalue weighted by atomic mass is 16.5. The maximum absolute atomic E-state index is 12.1. The van der Waals surface area contributed by atoms with Gasteiger partial charge in [0, 0.05) is 18.6 Å². The van der Waals surface area contributed by atoms with Crippen molar-refractivity contribution in [2.24, 2.45) is 0 Å². The maximum Gasteiger partial charge on any atom is 0.170 e. The monoisotopic (exact) mass is 266 g/mol. The Morgan fingerprint density at radius 1 is 1.16 bits per heavy atom. The first-order valence-corrected chi connectivity index (χ1v) is 6.62. The molecule has 0 heterocycles. The van der Waals surface area contributed by atoms with E-state index >= 15 is 0 Å². The van der Waals surface area contributed by atoms with Gasteiger partial charge < -0.3 is 14.6 Å². The molecule has 0 spiro atoms. The summed E-state index contributed by atoms with van der Waals surface area (Å²) in [4.78, 5) is 12.1. The van der Waals surface area contributed by atoms with Crippen molar-refractivity contribution in [3.05, 3.63) is 17.7 Å². The van der Waals surface area contributed by atoms with Gasteiger partial charge in [-0.15, -0.1) is 0 Å². The van der Waals surface area contributed by atoms with E-state index in [1.165, 1.54) is 20.3 Å². The molecule has 0 aliphatic carbocycles. The van der Waals surface area contributed by atoms with E-state index in [9.17, 15) is 9.90 Å². The number of ketones is 1. The van der Waals surface area contributed by atoms with Crippen molar-refractivity contribution >= 4 is 5.78 Å². The molecule has 0 unspecified atom stereocenters. The molecule has 1 rings (SSSR count). The van der Waals surface area contributed by atoms with Crippen molar-refractivity contribution in [3.8, 4) is 17.2 Å². The molecule has 0 saturated heterocycles. The minimum atomic E-state index is -0.0897. The van der Waals surface area contributed by atoms with Gasteiger partial charge in [-0.25, -0.2) is 0 Å². The number of ether oxygens (including phenoxy) is 2. The number of rotatable bonds is 8. The van der Waals surface area contributed by atoms with Crippen molar-refractivity contribution in [1.29, 1.82) is 0 Å². The number of phenols is 1. The molecule has 106 valence electrons. The Hall–Kier alpha value is -1.71. The van der Waals surface area contributed by atoms with Crippen LogP contribution in [0.1, 0.15) is 49.4 Å². The third-order valence-corrected chi connectivity index (χ3v) is 3.05. The lowest BCUT2D eigenvalue weighted by Gasteiger charge is -2.11. The fourth-order valence-corrected chi connectivity index (χ4v) is 1.97. The van der Waals surface area contributed by atoms with Crippen molar-refractivity contribution < 1.29 is 19.4 Å². The molecule has 0 aliphatic heterocycles. The van der Waals surface area contributed by atoms with Crippen LogP contribution in [-0.4, -0.2) is 25.1 Å². The number of unbranched alkanes of at least 4 members (excludes halogenated alkanes) is 3. The van der Waals surface area contributed by atoms with Gasteiger partial charge in [0.15, 0.2) is 5.78 Å². The third kappa shape index (κ3) is 4.16. The van der Waals surface area contributed by atoms with Gasteiger partial charge in [-0.1, -0.05) is 26.2 Å². The smallest absolute Gasteiger partial charge is 0.170 e. The Morgan fingerprint density at radius 2 is 1.89 bits per heavy atom. The molecule has 4 nitrogen and oxygen atoms in total. The number of hydrogen-bond donors (Lipinski definition) is 1. The van der Waals surface area contributed by atoms with Crippen LogP contribution in [0.25, 0.3) is 0 Å². The zero-order chi connectivity index (χ0) is 14.3. The predicted octanol–water partition coefficient (Wildman–Crippen LogP) is 3.56. The maximum atomic E-state index is 12.1. The fourth-order valence-electron chi connectivity index (χ4n) is 1.97. The summed E-state index contributed by atoms with van der Waals surface area (Å²) < 4.78 is 10.2. The van der Waals surface area contributed by atoms with Crippen LogP contribution in [-0.2, 0) is 0 Å². The molecule has 1 N–H and O–H groups in total. The number of aromatic hydroxyl groups is 1. The summed E-state index contributed by atoms with van der Waals surface area (Å²) in [5.74, 6) is 0.652. The SMILES string of the molecule is CCCCCCC(=O)c1c(O)cc(OC)cc1OC. The number of phenolic OH excluding ortho intramolecular Hbond substituents is 1. The van der Waals surface area contributed by atoms with E-state index in [0.29, 0.717) is 17.9 Å². The Balaban J connectivity index is 2.83. The molecule has 0 atom stereocenters. The van der Waals surface area contributed by atoms with E-state index in [1.807, 2.05) is 0 Å². The molecule has 0 saturated carbocycles. The number of carbonyl (C=O) groups is 1. The number of hydrogen-bond acceptors (Lipinski definition) is 4. The molecule has 0 radical (unpaired) electrons. The van der Waals surface area contributed by atoms with Crippen LogP contribution in [0, 0.1) is 0 Å². The second kappa shape index (κ2) is 7.67. The topological polar surface area (TPSA) is 55.8 Å². The summed E-state index contributed by atoms with van der Waals surface area (Å²) in [7, 11) is 2.97. The number of benzene rings is 1. The van der Waals surface area contributed by atoms with Crippen LogP contribution >= 0.6 is 0 Å². The van der Waals surface area contributed by atoms with Crippen LogP contribution in [0.5, 0.6) is 17.2 Å². The number of Topliss-reactive ketones (excluding diaryl/α,β-unsaturated/α-hetero) is 1. The second-order valence-corrected chi connectivity index (χ2v) is 4.46. The standard InChI is InChI=1S/C15H22O4/c1-4-5-6-7-8-12(16)15-13(17)9-11(18-2)10-14(15)19-3/h9-10,17H,4-8H2,1-3H3. The quantitative estimate of drug-likeness (QED) is 0.577. The normalized spacial score (nSPS) is 10.3. The molecule has 0 fully saturated rings. The minimum absolute atomic E-state index is 0.0864. The summed E-state index contributed by atoms with van der Waals surface area (Å²) >= 11 is 0. The van der Waals surface area contributed by atoms with E-state index < -0.39 is 0 Å². The summed E-state index contributed by atoms with van der Waals surface area (Å²) in [6.07, 6.45) is 4.54. The molecule has 0 aliphatic rings. The van der Waals surface area contributed by atoms with Crippen molar-refractivity contribution in [2.45, 2.75) is 39.0 Å². The Bertz CT molecular complexity index is 426. The lowest BCUT2D eigenvalue weighted by Crippen LogP contribution is -2.03. The van der Waals surface area contributed by atoms with E-state index in [2.05, 4.69) is 6.92 Å². The van der Waals surface area contributed by atoms with Gasteiger partial charge in [-0.05, 0) is 6.42 Å². The molecule has 1 aromatic carbocycles. The molecule has 0 aromatic heterocycles. The zero-order valence-corrected chi connectivity index (χ0v) is 11.9.